The van der Waals surface area contributed by atoms with Gasteiger partial charge >= 0.3 is 0 Å². The number of hydrogen-bond acceptors (Lipinski definition) is 2. The van der Waals surface area contributed by atoms with Crippen molar-refractivity contribution in [3.05, 3.63) is 0 Å². The Morgan fingerprint density at radius 3 is 2.43 bits per heavy atom. The number of nitrogens with one attached hydrogen (secondary N) is 1. The molecule has 0 saturated heterocycles. The molecule has 0 aromatic carbocycles. The molecule has 3 nitrogen and oxygen atoms in total. The Bertz CT molecular complexity index is 157. The number of rotatable bonds is 7. The van der Waals surface area contributed by atoms with E-state index in [-0.39, 0.29) is 24.5 Å². The van der Waals surface area contributed by atoms with Crippen LogP contribution in [0.15, 0.2) is 0 Å². The lowest BCUT2D eigenvalue weighted by molar-refractivity contribution is -0.122. The molecule has 14 heavy (non-hydrogen) atoms. The van der Waals surface area contributed by atoms with Gasteiger partial charge in [-0.1, -0.05) is 33.6 Å². The Morgan fingerprint density at radius 1 is 1.36 bits per heavy atom. The average Bonchev–Trinajstić information content (AvgIpc) is 2.14. The fourth-order valence-electron chi connectivity index (χ4n) is 1.24. The molecular formula is C11H23NO2. The SMILES string of the molecule is CCCCCC(=O)N[C@H](CO)C(C)C. The fraction of sp³-hybridized carbons (Fsp3) is 0.909. The number of aliphatic hydroxyl groups excluding tert-OH is 1. The Hall–Kier alpha value is -0.570. The van der Waals surface area contributed by atoms with Gasteiger partial charge < -0.3 is 10.4 Å². The monoisotopic (exact) mass is 201 g/mol. The lowest BCUT2D eigenvalue weighted by atomic mass is 10.1. The molecule has 0 aliphatic carbocycles. The molecule has 0 aliphatic rings. The molecule has 84 valence electrons. The summed E-state index contributed by atoms with van der Waals surface area (Å²) in [6.07, 6.45) is 3.75. The van der Waals surface area contributed by atoms with Crippen LogP contribution in [0, 0.1) is 5.92 Å². The molecule has 0 unspecified atom stereocenters. The lowest BCUT2D eigenvalue weighted by Crippen LogP contribution is -2.41. The molecule has 2 N–H and O–H groups in total. The molecule has 1 amide bonds. The lowest BCUT2D eigenvalue weighted by Gasteiger charge is -2.19. The number of carbonyl (C=O) groups excluding carboxylic acids is 1. The molecule has 0 aromatic heterocycles. The second kappa shape index (κ2) is 7.80. The maximum Gasteiger partial charge on any atom is 0.220 e. The Labute approximate surface area is 86.9 Å². The van der Waals surface area contributed by atoms with E-state index in [1.54, 1.807) is 0 Å². The molecule has 0 saturated carbocycles. The third kappa shape index (κ3) is 5.97. The van der Waals surface area contributed by atoms with Gasteiger partial charge in [0, 0.05) is 6.42 Å². The largest absolute Gasteiger partial charge is 0.394 e. The van der Waals surface area contributed by atoms with Crippen LogP contribution in [-0.2, 0) is 4.79 Å². The smallest absolute Gasteiger partial charge is 0.220 e. The van der Waals surface area contributed by atoms with Crippen LogP contribution in [-0.4, -0.2) is 23.7 Å². The molecule has 0 aliphatic heterocycles. The third-order valence-corrected chi connectivity index (χ3v) is 2.36. The minimum Gasteiger partial charge on any atom is -0.394 e. The van der Waals surface area contributed by atoms with E-state index < -0.39 is 0 Å². The molecule has 0 fully saturated rings. The molecular weight excluding hydrogens is 178 g/mol. The standard InChI is InChI=1S/C11H23NO2/c1-4-5-6-7-11(14)12-10(8-13)9(2)3/h9-10,13H,4-8H2,1-3H3,(H,12,14)/t10-/m1/s1. The van der Waals surface area contributed by atoms with Gasteiger partial charge in [0.15, 0.2) is 0 Å². The minimum atomic E-state index is -0.0934. The predicted octanol–water partition coefficient (Wildman–Crippen LogP) is 1.70. The Balaban J connectivity index is 3.68. The maximum atomic E-state index is 11.4. The van der Waals surface area contributed by atoms with E-state index in [0.29, 0.717) is 6.42 Å². The summed E-state index contributed by atoms with van der Waals surface area (Å²) in [5.74, 6) is 0.348. The number of aliphatic hydroxyl groups is 1. The van der Waals surface area contributed by atoms with Crippen molar-refractivity contribution >= 4 is 5.91 Å². The van der Waals surface area contributed by atoms with Crippen LogP contribution in [0.3, 0.4) is 0 Å². The Kier molecular flexibility index (Phi) is 7.48. The van der Waals surface area contributed by atoms with E-state index in [1.165, 1.54) is 0 Å². The minimum absolute atomic E-state index is 0.0250. The number of amides is 1. The molecule has 0 radical (unpaired) electrons. The quantitative estimate of drug-likeness (QED) is 0.616. The highest BCUT2D eigenvalue weighted by Crippen LogP contribution is 2.03. The van der Waals surface area contributed by atoms with Crippen LogP contribution < -0.4 is 5.32 Å². The molecule has 0 aromatic rings. The van der Waals surface area contributed by atoms with Gasteiger partial charge in [0.25, 0.3) is 0 Å². The van der Waals surface area contributed by atoms with Crippen molar-refractivity contribution in [2.45, 2.75) is 52.5 Å². The van der Waals surface area contributed by atoms with Crippen molar-refractivity contribution in [1.82, 2.24) is 5.32 Å². The molecule has 1 atom stereocenters. The van der Waals surface area contributed by atoms with Gasteiger partial charge in [-0.05, 0) is 12.3 Å². The first-order valence-electron chi connectivity index (χ1n) is 5.52. The van der Waals surface area contributed by atoms with Crippen LogP contribution in [0.25, 0.3) is 0 Å². The van der Waals surface area contributed by atoms with Crippen LogP contribution >= 0.6 is 0 Å². The first kappa shape index (κ1) is 13.4. The van der Waals surface area contributed by atoms with E-state index in [4.69, 9.17) is 5.11 Å². The number of unbranched alkanes of at least 4 members (excludes halogenated alkanes) is 2. The van der Waals surface area contributed by atoms with Crippen LogP contribution in [0.4, 0.5) is 0 Å². The summed E-state index contributed by atoms with van der Waals surface area (Å²) < 4.78 is 0. The van der Waals surface area contributed by atoms with E-state index >= 15 is 0 Å². The average molecular weight is 201 g/mol. The van der Waals surface area contributed by atoms with E-state index in [9.17, 15) is 4.79 Å². The van der Waals surface area contributed by atoms with Gasteiger partial charge in [0.05, 0.1) is 12.6 Å². The molecule has 0 heterocycles. The van der Waals surface area contributed by atoms with Crippen molar-refractivity contribution in [3.8, 4) is 0 Å². The van der Waals surface area contributed by atoms with E-state index in [1.807, 2.05) is 13.8 Å². The molecule has 0 bridgehead atoms. The molecule has 3 heteroatoms. The fourth-order valence-corrected chi connectivity index (χ4v) is 1.24. The maximum absolute atomic E-state index is 11.4. The van der Waals surface area contributed by atoms with Crippen molar-refractivity contribution in [1.29, 1.82) is 0 Å². The third-order valence-electron chi connectivity index (χ3n) is 2.36. The zero-order valence-electron chi connectivity index (χ0n) is 9.55. The normalized spacial score (nSPS) is 12.9. The van der Waals surface area contributed by atoms with Crippen molar-refractivity contribution in [2.75, 3.05) is 6.61 Å². The Morgan fingerprint density at radius 2 is 2.00 bits per heavy atom. The van der Waals surface area contributed by atoms with Crippen LogP contribution in [0.1, 0.15) is 46.5 Å². The topological polar surface area (TPSA) is 49.3 Å². The summed E-state index contributed by atoms with van der Waals surface area (Å²) in [6, 6.07) is -0.0934. The van der Waals surface area contributed by atoms with Gasteiger partial charge in [-0.2, -0.15) is 0 Å². The second-order valence-electron chi connectivity index (χ2n) is 4.06. The van der Waals surface area contributed by atoms with Gasteiger partial charge in [0.1, 0.15) is 0 Å². The highest BCUT2D eigenvalue weighted by molar-refractivity contribution is 5.76. The van der Waals surface area contributed by atoms with Gasteiger partial charge in [-0.15, -0.1) is 0 Å². The summed E-state index contributed by atoms with van der Waals surface area (Å²) in [5.41, 5.74) is 0. The van der Waals surface area contributed by atoms with Crippen LogP contribution in [0.5, 0.6) is 0 Å². The van der Waals surface area contributed by atoms with Crippen molar-refractivity contribution in [3.63, 3.8) is 0 Å². The summed E-state index contributed by atoms with van der Waals surface area (Å²) in [6.45, 7) is 6.13. The molecule has 0 rings (SSSR count). The zero-order chi connectivity index (χ0) is 11.0. The van der Waals surface area contributed by atoms with Gasteiger partial charge in [-0.3, -0.25) is 4.79 Å². The van der Waals surface area contributed by atoms with Crippen LogP contribution in [0.2, 0.25) is 0 Å². The van der Waals surface area contributed by atoms with E-state index in [0.717, 1.165) is 19.3 Å². The summed E-state index contributed by atoms with van der Waals surface area (Å²) in [4.78, 5) is 11.4. The highest BCUT2D eigenvalue weighted by Gasteiger charge is 2.14. The van der Waals surface area contributed by atoms with Gasteiger partial charge in [-0.25, -0.2) is 0 Å². The molecule has 0 spiro atoms. The second-order valence-corrected chi connectivity index (χ2v) is 4.06. The summed E-state index contributed by atoms with van der Waals surface area (Å²) in [7, 11) is 0. The number of hydrogen-bond donors (Lipinski definition) is 2. The van der Waals surface area contributed by atoms with E-state index in [2.05, 4.69) is 12.2 Å². The zero-order valence-corrected chi connectivity index (χ0v) is 9.55. The number of carbonyl (C=O) groups is 1. The van der Waals surface area contributed by atoms with Gasteiger partial charge in [0.2, 0.25) is 5.91 Å². The predicted molar refractivity (Wildman–Crippen MR) is 58.0 cm³/mol. The first-order valence-corrected chi connectivity index (χ1v) is 5.52. The van der Waals surface area contributed by atoms with Crippen molar-refractivity contribution < 1.29 is 9.90 Å². The first-order chi connectivity index (χ1) is 6.61. The summed E-state index contributed by atoms with van der Waals surface area (Å²) >= 11 is 0. The highest BCUT2D eigenvalue weighted by atomic mass is 16.3. The van der Waals surface area contributed by atoms with Crippen molar-refractivity contribution in [2.24, 2.45) is 5.92 Å². The summed E-state index contributed by atoms with van der Waals surface area (Å²) in [5, 5.41) is 11.8.